The summed E-state index contributed by atoms with van der Waals surface area (Å²) in [6.45, 7) is 0. The summed E-state index contributed by atoms with van der Waals surface area (Å²) < 4.78 is 12.7. The van der Waals surface area contributed by atoms with E-state index >= 15 is 0 Å². The van der Waals surface area contributed by atoms with Crippen molar-refractivity contribution in [2.24, 2.45) is 0 Å². The van der Waals surface area contributed by atoms with E-state index in [1.807, 2.05) is 0 Å². The number of aromatic nitrogens is 2. The third-order valence-electron chi connectivity index (χ3n) is 1.49. The molecule has 0 amide bonds. The van der Waals surface area contributed by atoms with Crippen molar-refractivity contribution >= 4 is 22.6 Å². The quantitative estimate of drug-likeness (QED) is 0.625. The zero-order valence-corrected chi connectivity index (χ0v) is 6.72. The molecule has 12 heavy (non-hydrogen) atoms. The van der Waals surface area contributed by atoms with E-state index in [4.69, 9.17) is 11.6 Å². The fourth-order valence-corrected chi connectivity index (χ4v) is 1.25. The molecule has 0 saturated heterocycles. The van der Waals surface area contributed by atoms with Crippen LogP contribution in [0.5, 0.6) is 0 Å². The molecule has 0 saturated carbocycles. The van der Waals surface area contributed by atoms with Gasteiger partial charge < -0.3 is 0 Å². The molecule has 2 rings (SSSR count). The monoisotopic (exact) mass is 182 g/mol. The Hall–Kier alpha value is -1.22. The van der Waals surface area contributed by atoms with E-state index in [2.05, 4.69) is 9.97 Å². The molecule has 0 N–H and O–H groups in total. The van der Waals surface area contributed by atoms with Gasteiger partial charge in [-0.15, -0.1) is 0 Å². The Balaban J connectivity index is 2.89. The molecule has 0 bridgehead atoms. The summed E-state index contributed by atoms with van der Waals surface area (Å²) in [5.41, 5.74) is 1.00. The van der Waals surface area contributed by atoms with Crippen LogP contribution in [-0.4, -0.2) is 9.97 Å². The smallest absolute Gasteiger partial charge is 0.127 e. The largest absolute Gasteiger partial charge is 0.253 e. The van der Waals surface area contributed by atoms with Crippen LogP contribution < -0.4 is 0 Å². The predicted molar refractivity (Wildman–Crippen MR) is 44.5 cm³/mol. The zero-order chi connectivity index (χ0) is 8.55. The van der Waals surface area contributed by atoms with Gasteiger partial charge in [-0.3, -0.25) is 9.97 Å². The molecule has 0 unspecified atom stereocenters. The molecule has 0 radical (unpaired) electrons. The number of hydrogen-bond donors (Lipinski definition) is 0. The second-order valence-electron chi connectivity index (χ2n) is 2.31. The van der Waals surface area contributed by atoms with Crippen molar-refractivity contribution < 1.29 is 4.39 Å². The molecular weight excluding hydrogens is 179 g/mol. The van der Waals surface area contributed by atoms with Gasteiger partial charge in [0, 0.05) is 18.5 Å². The van der Waals surface area contributed by atoms with Crippen LogP contribution in [-0.2, 0) is 0 Å². The lowest BCUT2D eigenvalue weighted by molar-refractivity contribution is 0.629. The lowest BCUT2D eigenvalue weighted by Gasteiger charge is -1.97. The molecule has 0 fully saturated rings. The first-order valence-electron chi connectivity index (χ1n) is 3.33. The summed E-state index contributed by atoms with van der Waals surface area (Å²) in [7, 11) is 0. The molecule has 2 aromatic rings. The first-order chi connectivity index (χ1) is 5.77. The van der Waals surface area contributed by atoms with Gasteiger partial charge in [0.15, 0.2) is 0 Å². The minimum Gasteiger partial charge on any atom is -0.253 e. The first-order valence-corrected chi connectivity index (χ1v) is 3.71. The van der Waals surface area contributed by atoms with Crippen LogP contribution in [0.4, 0.5) is 4.39 Å². The zero-order valence-electron chi connectivity index (χ0n) is 5.96. The molecule has 0 aliphatic heterocycles. The summed E-state index contributed by atoms with van der Waals surface area (Å²) in [6, 6.07) is 2.52. The second-order valence-corrected chi connectivity index (χ2v) is 2.72. The number of benzene rings is 1. The van der Waals surface area contributed by atoms with E-state index in [0.717, 1.165) is 0 Å². The summed E-state index contributed by atoms with van der Waals surface area (Å²) in [6.07, 6.45) is 3.02. The van der Waals surface area contributed by atoms with Crippen molar-refractivity contribution in [3.63, 3.8) is 0 Å². The molecule has 2 nitrogen and oxygen atoms in total. The Morgan fingerprint density at radius 3 is 2.75 bits per heavy atom. The normalized spacial score (nSPS) is 10.5. The highest BCUT2D eigenvalue weighted by Gasteiger charge is 2.02. The summed E-state index contributed by atoms with van der Waals surface area (Å²) >= 11 is 5.72. The number of fused-ring (bicyclic) bond motifs is 1. The average molecular weight is 183 g/mol. The Morgan fingerprint density at radius 2 is 1.92 bits per heavy atom. The minimum atomic E-state index is -0.395. The van der Waals surface area contributed by atoms with Crippen molar-refractivity contribution in [2.45, 2.75) is 0 Å². The number of nitrogens with zero attached hydrogens (tertiary/aromatic N) is 2. The van der Waals surface area contributed by atoms with Gasteiger partial charge in [-0.2, -0.15) is 0 Å². The number of hydrogen-bond acceptors (Lipinski definition) is 2. The summed E-state index contributed by atoms with van der Waals surface area (Å²) in [5.74, 6) is -0.395. The van der Waals surface area contributed by atoms with Gasteiger partial charge in [0.05, 0.1) is 10.5 Å². The Kier molecular flexibility index (Phi) is 1.66. The van der Waals surface area contributed by atoms with Gasteiger partial charge in [-0.1, -0.05) is 11.6 Å². The highest BCUT2D eigenvalue weighted by atomic mass is 35.5. The predicted octanol–water partition coefficient (Wildman–Crippen LogP) is 2.42. The standard InChI is InChI=1S/C8H4ClFN2/c9-6-3-5(10)4-7-8(6)12-2-1-11-7/h1-4H. The van der Waals surface area contributed by atoms with E-state index in [1.165, 1.54) is 24.5 Å². The van der Waals surface area contributed by atoms with Gasteiger partial charge in [0.25, 0.3) is 0 Å². The maximum absolute atomic E-state index is 12.7. The minimum absolute atomic E-state index is 0.290. The third kappa shape index (κ3) is 1.12. The van der Waals surface area contributed by atoms with Crippen molar-refractivity contribution in [3.8, 4) is 0 Å². The van der Waals surface area contributed by atoms with Crippen molar-refractivity contribution in [1.29, 1.82) is 0 Å². The van der Waals surface area contributed by atoms with Crippen LogP contribution in [0.2, 0.25) is 5.02 Å². The van der Waals surface area contributed by atoms with E-state index in [9.17, 15) is 4.39 Å². The maximum Gasteiger partial charge on any atom is 0.127 e. The highest BCUT2D eigenvalue weighted by Crippen LogP contribution is 2.20. The van der Waals surface area contributed by atoms with Crippen LogP contribution >= 0.6 is 11.6 Å². The summed E-state index contributed by atoms with van der Waals surface area (Å²) in [4.78, 5) is 7.88. The van der Waals surface area contributed by atoms with Gasteiger partial charge in [0.1, 0.15) is 11.3 Å². The van der Waals surface area contributed by atoms with E-state index in [-0.39, 0.29) is 5.02 Å². The first kappa shape index (κ1) is 7.43. The molecule has 1 aromatic carbocycles. The lowest BCUT2D eigenvalue weighted by Crippen LogP contribution is -1.84. The van der Waals surface area contributed by atoms with Gasteiger partial charge in [-0.25, -0.2) is 4.39 Å². The van der Waals surface area contributed by atoms with E-state index in [1.54, 1.807) is 0 Å². The molecule has 0 aliphatic carbocycles. The highest BCUT2D eigenvalue weighted by molar-refractivity contribution is 6.34. The Bertz CT molecular complexity index is 430. The molecular formula is C8H4ClFN2. The molecule has 0 aliphatic rings. The van der Waals surface area contributed by atoms with Gasteiger partial charge >= 0.3 is 0 Å². The van der Waals surface area contributed by atoms with Crippen LogP contribution in [0.25, 0.3) is 11.0 Å². The molecule has 1 heterocycles. The van der Waals surface area contributed by atoms with Crippen LogP contribution in [0.15, 0.2) is 24.5 Å². The lowest BCUT2D eigenvalue weighted by atomic mass is 10.3. The number of rotatable bonds is 0. The Labute approximate surface area is 73.0 Å². The molecule has 4 heteroatoms. The molecule has 60 valence electrons. The molecule has 0 atom stereocenters. The van der Waals surface area contributed by atoms with Crippen molar-refractivity contribution in [3.05, 3.63) is 35.4 Å². The van der Waals surface area contributed by atoms with Crippen LogP contribution in [0, 0.1) is 5.82 Å². The van der Waals surface area contributed by atoms with Crippen LogP contribution in [0.3, 0.4) is 0 Å². The second kappa shape index (κ2) is 2.68. The topological polar surface area (TPSA) is 25.8 Å². The fourth-order valence-electron chi connectivity index (χ4n) is 1.00. The molecule has 0 spiro atoms. The number of halogens is 2. The van der Waals surface area contributed by atoms with Crippen LogP contribution in [0.1, 0.15) is 0 Å². The SMILES string of the molecule is Fc1cc(Cl)c2nccnc2c1. The third-order valence-corrected chi connectivity index (χ3v) is 1.78. The van der Waals surface area contributed by atoms with E-state index in [0.29, 0.717) is 11.0 Å². The van der Waals surface area contributed by atoms with Gasteiger partial charge in [0.2, 0.25) is 0 Å². The summed E-state index contributed by atoms with van der Waals surface area (Å²) in [5, 5.41) is 0.290. The van der Waals surface area contributed by atoms with Crippen molar-refractivity contribution in [2.75, 3.05) is 0 Å². The van der Waals surface area contributed by atoms with Gasteiger partial charge in [-0.05, 0) is 6.07 Å². The fraction of sp³-hybridized carbons (Fsp3) is 0. The maximum atomic E-state index is 12.7. The van der Waals surface area contributed by atoms with E-state index < -0.39 is 5.82 Å². The Morgan fingerprint density at radius 1 is 1.17 bits per heavy atom. The average Bonchev–Trinajstić information content (AvgIpc) is 2.04. The molecule has 1 aromatic heterocycles. The van der Waals surface area contributed by atoms with Crippen molar-refractivity contribution in [1.82, 2.24) is 9.97 Å².